The predicted octanol–water partition coefficient (Wildman–Crippen LogP) is 2.77. The lowest BCUT2D eigenvalue weighted by Gasteiger charge is -1.96. The van der Waals surface area contributed by atoms with E-state index in [9.17, 15) is 0 Å². The van der Waals surface area contributed by atoms with Gasteiger partial charge in [-0.05, 0) is 25.0 Å². The molecule has 0 N–H and O–H groups in total. The molecule has 0 aliphatic carbocycles. The lowest BCUT2D eigenvalue weighted by Crippen LogP contribution is -1.87. The van der Waals surface area contributed by atoms with Crippen LogP contribution >= 0.6 is 0 Å². The molecule has 2 heterocycles. The van der Waals surface area contributed by atoms with Gasteiger partial charge < -0.3 is 4.40 Å². The summed E-state index contributed by atoms with van der Waals surface area (Å²) < 4.78 is 2.13. The average molecular weight is 174 g/mol. The summed E-state index contributed by atoms with van der Waals surface area (Å²) in [5.41, 5.74) is 3.44. The molecule has 0 spiro atoms. The molecule has 2 aromatic heterocycles. The summed E-state index contributed by atoms with van der Waals surface area (Å²) >= 11 is 0. The Morgan fingerprint density at radius 1 is 1.31 bits per heavy atom. The van der Waals surface area contributed by atoms with Gasteiger partial charge in [-0.25, -0.2) is 4.98 Å². The molecule has 0 amide bonds. The van der Waals surface area contributed by atoms with Gasteiger partial charge in [0.2, 0.25) is 0 Å². The average Bonchev–Trinajstić information content (AvgIpc) is 2.49. The number of aryl methyl sites for hydroxylation is 1. The SMILES string of the molecule is Cc1cccc2nc(C(C)C)cn12. The minimum Gasteiger partial charge on any atom is -0.304 e. The quantitative estimate of drug-likeness (QED) is 0.649. The summed E-state index contributed by atoms with van der Waals surface area (Å²) in [6.45, 7) is 6.42. The maximum atomic E-state index is 4.54. The molecule has 0 bridgehead atoms. The van der Waals surface area contributed by atoms with E-state index in [1.54, 1.807) is 0 Å². The van der Waals surface area contributed by atoms with Crippen molar-refractivity contribution in [3.05, 3.63) is 35.8 Å². The highest BCUT2D eigenvalue weighted by Crippen LogP contribution is 2.15. The fourth-order valence-electron chi connectivity index (χ4n) is 1.45. The van der Waals surface area contributed by atoms with Crippen LogP contribution in [0.15, 0.2) is 24.4 Å². The van der Waals surface area contributed by atoms with E-state index in [1.807, 2.05) is 12.1 Å². The first-order chi connectivity index (χ1) is 6.18. The zero-order chi connectivity index (χ0) is 9.42. The summed E-state index contributed by atoms with van der Waals surface area (Å²) in [5, 5.41) is 0. The highest BCUT2D eigenvalue weighted by molar-refractivity contribution is 5.42. The van der Waals surface area contributed by atoms with Crippen LogP contribution in [0.2, 0.25) is 0 Å². The Labute approximate surface area is 78.2 Å². The minimum atomic E-state index is 0.499. The van der Waals surface area contributed by atoms with Crippen molar-refractivity contribution in [2.24, 2.45) is 0 Å². The fourth-order valence-corrected chi connectivity index (χ4v) is 1.45. The van der Waals surface area contributed by atoms with Crippen molar-refractivity contribution < 1.29 is 0 Å². The van der Waals surface area contributed by atoms with E-state index in [4.69, 9.17) is 0 Å². The van der Waals surface area contributed by atoms with Gasteiger partial charge in [0.05, 0.1) is 5.69 Å². The summed E-state index contributed by atoms with van der Waals surface area (Å²) in [7, 11) is 0. The molecule has 13 heavy (non-hydrogen) atoms. The van der Waals surface area contributed by atoms with Gasteiger partial charge in [-0.1, -0.05) is 19.9 Å². The van der Waals surface area contributed by atoms with Crippen LogP contribution in [0.4, 0.5) is 0 Å². The van der Waals surface area contributed by atoms with Gasteiger partial charge in [-0.3, -0.25) is 0 Å². The number of nitrogens with zero attached hydrogens (tertiary/aromatic N) is 2. The molecule has 68 valence electrons. The molecular formula is C11H14N2. The molecule has 2 aromatic rings. The zero-order valence-electron chi connectivity index (χ0n) is 8.28. The van der Waals surface area contributed by atoms with Crippen molar-refractivity contribution >= 4 is 5.65 Å². The molecular weight excluding hydrogens is 160 g/mol. The number of hydrogen-bond donors (Lipinski definition) is 0. The van der Waals surface area contributed by atoms with Crippen LogP contribution in [-0.4, -0.2) is 9.38 Å². The Morgan fingerprint density at radius 3 is 2.69 bits per heavy atom. The second kappa shape index (κ2) is 2.87. The molecule has 2 rings (SSSR count). The van der Waals surface area contributed by atoms with Crippen molar-refractivity contribution in [1.29, 1.82) is 0 Å². The van der Waals surface area contributed by atoms with Gasteiger partial charge >= 0.3 is 0 Å². The smallest absolute Gasteiger partial charge is 0.137 e. The number of imidazole rings is 1. The molecule has 0 aromatic carbocycles. The molecule has 0 fully saturated rings. The molecule has 2 nitrogen and oxygen atoms in total. The first-order valence-electron chi connectivity index (χ1n) is 4.63. The Kier molecular flexibility index (Phi) is 1.83. The van der Waals surface area contributed by atoms with Gasteiger partial charge in [0.25, 0.3) is 0 Å². The van der Waals surface area contributed by atoms with Crippen LogP contribution in [0.3, 0.4) is 0 Å². The topological polar surface area (TPSA) is 17.3 Å². The Hall–Kier alpha value is -1.31. The molecule has 0 atom stereocenters. The van der Waals surface area contributed by atoms with E-state index in [0.29, 0.717) is 5.92 Å². The van der Waals surface area contributed by atoms with Crippen molar-refractivity contribution in [3.63, 3.8) is 0 Å². The number of hydrogen-bond acceptors (Lipinski definition) is 1. The van der Waals surface area contributed by atoms with Crippen LogP contribution in [0.5, 0.6) is 0 Å². The number of pyridine rings is 1. The largest absolute Gasteiger partial charge is 0.304 e. The van der Waals surface area contributed by atoms with Crippen molar-refractivity contribution in [2.75, 3.05) is 0 Å². The monoisotopic (exact) mass is 174 g/mol. The van der Waals surface area contributed by atoms with E-state index in [0.717, 1.165) is 11.3 Å². The maximum absolute atomic E-state index is 4.54. The standard InChI is InChI=1S/C11H14N2/c1-8(2)10-7-13-9(3)5-4-6-11(13)12-10/h4-8H,1-3H3. The van der Waals surface area contributed by atoms with Crippen LogP contribution in [0, 0.1) is 6.92 Å². The molecule has 2 heteroatoms. The lowest BCUT2D eigenvalue weighted by atomic mass is 10.2. The van der Waals surface area contributed by atoms with Gasteiger partial charge in [0.1, 0.15) is 5.65 Å². The summed E-state index contributed by atoms with van der Waals surface area (Å²) in [5.74, 6) is 0.499. The van der Waals surface area contributed by atoms with E-state index in [2.05, 4.69) is 42.4 Å². The second-order valence-electron chi connectivity index (χ2n) is 3.72. The minimum absolute atomic E-state index is 0.499. The zero-order valence-corrected chi connectivity index (χ0v) is 8.28. The van der Waals surface area contributed by atoms with Crippen molar-refractivity contribution in [1.82, 2.24) is 9.38 Å². The van der Waals surface area contributed by atoms with Crippen molar-refractivity contribution in [3.8, 4) is 0 Å². The predicted molar refractivity (Wildman–Crippen MR) is 54.0 cm³/mol. The van der Waals surface area contributed by atoms with E-state index in [-0.39, 0.29) is 0 Å². The highest BCUT2D eigenvalue weighted by atomic mass is 15.0. The lowest BCUT2D eigenvalue weighted by molar-refractivity contribution is 0.833. The third kappa shape index (κ3) is 1.32. The first kappa shape index (κ1) is 8.30. The Morgan fingerprint density at radius 2 is 2.08 bits per heavy atom. The molecule has 0 saturated carbocycles. The Bertz CT molecular complexity index is 427. The van der Waals surface area contributed by atoms with Crippen molar-refractivity contribution in [2.45, 2.75) is 26.7 Å². The van der Waals surface area contributed by atoms with Gasteiger partial charge in [0, 0.05) is 11.9 Å². The third-order valence-electron chi connectivity index (χ3n) is 2.31. The summed E-state index contributed by atoms with van der Waals surface area (Å²) in [4.78, 5) is 4.54. The highest BCUT2D eigenvalue weighted by Gasteiger charge is 2.05. The van der Waals surface area contributed by atoms with Crippen LogP contribution in [-0.2, 0) is 0 Å². The fraction of sp³-hybridized carbons (Fsp3) is 0.364. The molecule has 0 unspecified atom stereocenters. The van der Waals surface area contributed by atoms with E-state index in [1.165, 1.54) is 5.69 Å². The van der Waals surface area contributed by atoms with Gasteiger partial charge in [-0.15, -0.1) is 0 Å². The number of aromatic nitrogens is 2. The number of rotatable bonds is 1. The van der Waals surface area contributed by atoms with E-state index >= 15 is 0 Å². The molecule has 0 aliphatic heterocycles. The molecule has 0 aliphatic rings. The van der Waals surface area contributed by atoms with Gasteiger partial charge in [0.15, 0.2) is 0 Å². The van der Waals surface area contributed by atoms with Crippen LogP contribution < -0.4 is 0 Å². The maximum Gasteiger partial charge on any atom is 0.137 e. The third-order valence-corrected chi connectivity index (χ3v) is 2.31. The first-order valence-corrected chi connectivity index (χ1v) is 4.63. The van der Waals surface area contributed by atoms with E-state index < -0.39 is 0 Å². The van der Waals surface area contributed by atoms with Crippen LogP contribution in [0.1, 0.15) is 31.2 Å². The molecule has 0 radical (unpaired) electrons. The van der Waals surface area contributed by atoms with Gasteiger partial charge in [-0.2, -0.15) is 0 Å². The summed E-state index contributed by atoms with van der Waals surface area (Å²) in [6, 6.07) is 6.18. The normalized spacial score (nSPS) is 11.4. The molecule has 0 saturated heterocycles. The van der Waals surface area contributed by atoms with Crippen LogP contribution in [0.25, 0.3) is 5.65 Å². The Balaban J connectivity index is 2.68. The summed E-state index contributed by atoms with van der Waals surface area (Å²) in [6.07, 6.45) is 2.12. The second-order valence-corrected chi connectivity index (χ2v) is 3.72. The number of fused-ring (bicyclic) bond motifs is 1.